The van der Waals surface area contributed by atoms with Crippen LogP contribution in [0.15, 0.2) is 24.3 Å². The van der Waals surface area contributed by atoms with Gasteiger partial charge in [0.2, 0.25) is 0 Å². The lowest BCUT2D eigenvalue weighted by atomic mass is 10.0. The van der Waals surface area contributed by atoms with Crippen LogP contribution in [0.4, 0.5) is 0 Å². The number of benzene rings is 1. The number of nitrogens with zero attached hydrogens (tertiary/aromatic N) is 2. The third-order valence-corrected chi connectivity index (χ3v) is 7.45. The molecule has 0 amide bonds. The van der Waals surface area contributed by atoms with Crippen molar-refractivity contribution >= 4 is 17.1 Å². The second kappa shape index (κ2) is 13.7. The molecule has 4 rings (SSSR count). The van der Waals surface area contributed by atoms with Gasteiger partial charge in [-0.2, -0.15) is 0 Å². The molecule has 0 bridgehead atoms. The normalized spacial score (nSPS) is 16.8. The first-order valence-electron chi connectivity index (χ1n) is 12.5. The van der Waals surface area contributed by atoms with Crippen molar-refractivity contribution < 1.29 is 9.53 Å². The number of Topliss-reactive ketones (excluding diaryl/α,β-unsaturated/α-hetero) is 1. The SMILES string of the molecule is C1CCCCC1.CC(=O)Cc1sc(-c2ccc(OCCCN3CCCCC3)cc2)nc1C. The summed E-state index contributed by atoms with van der Waals surface area (Å²) in [5.74, 6) is 1.08. The number of piperidine rings is 1. The Balaban J connectivity index is 0.000000416. The molecule has 0 spiro atoms. The first-order valence-corrected chi connectivity index (χ1v) is 13.3. The van der Waals surface area contributed by atoms with E-state index in [0.717, 1.165) is 46.5 Å². The fourth-order valence-electron chi connectivity index (χ4n) is 4.36. The number of carbonyl (C=O) groups is 1. The van der Waals surface area contributed by atoms with E-state index in [1.807, 2.05) is 19.1 Å². The molecule has 1 aromatic carbocycles. The van der Waals surface area contributed by atoms with E-state index in [4.69, 9.17) is 4.74 Å². The molecule has 1 aromatic heterocycles. The lowest BCUT2D eigenvalue weighted by Gasteiger charge is -2.26. The van der Waals surface area contributed by atoms with Crippen molar-refractivity contribution in [2.45, 2.75) is 84.5 Å². The topological polar surface area (TPSA) is 42.4 Å². The Bertz CT molecular complexity index is 794. The second-order valence-corrected chi connectivity index (χ2v) is 10.2. The van der Waals surface area contributed by atoms with Crippen LogP contribution in [0.1, 0.15) is 81.7 Å². The average Bonchev–Trinajstić information content (AvgIpc) is 3.19. The molecule has 5 heteroatoms. The summed E-state index contributed by atoms with van der Waals surface area (Å²) in [7, 11) is 0. The van der Waals surface area contributed by atoms with E-state index in [1.165, 1.54) is 70.9 Å². The summed E-state index contributed by atoms with van der Waals surface area (Å²) in [4.78, 5) is 19.6. The highest BCUT2D eigenvalue weighted by atomic mass is 32.1. The standard InChI is InChI=1S/C21H28N2O2S.C6H12/c1-16(24)15-20-17(2)22-21(26-20)18-7-9-19(10-8-18)25-14-6-13-23-11-4-3-5-12-23;1-2-4-6-5-3-1/h7-10H,3-6,11-15H2,1-2H3;1-6H2. The molecule has 2 fully saturated rings. The van der Waals surface area contributed by atoms with Gasteiger partial charge in [-0.15, -0.1) is 11.3 Å². The van der Waals surface area contributed by atoms with Crippen LogP contribution in [-0.4, -0.2) is 41.9 Å². The Morgan fingerprint density at radius 1 is 0.969 bits per heavy atom. The van der Waals surface area contributed by atoms with Gasteiger partial charge in [-0.1, -0.05) is 44.9 Å². The monoisotopic (exact) mass is 456 g/mol. The zero-order chi connectivity index (χ0) is 22.6. The largest absolute Gasteiger partial charge is 0.494 e. The van der Waals surface area contributed by atoms with Crippen molar-refractivity contribution in [1.29, 1.82) is 0 Å². The van der Waals surface area contributed by atoms with Gasteiger partial charge in [0.05, 0.1) is 12.3 Å². The van der Waals surface area contributed by atoms with Crippen molar-refractivity contribution in [3.05, 3.63) is 34.8 Å². The number of aryl methyl sites for hydroxylation is 1. The Morgan fingerprint density at radius 2 is 1.56 bits per heavy atom. The zero-order valence-electron chi connectivity index (χ0n) is 20.0. The number of ether oxygens (including phenoxy) is 1. The van der Waals surface area contributed by atoms with E-state index in [1.54, 1.807) is 18.3 Å². The number of thiazole rings is 1. The van der Waals surface area contributed by atoms with Crippen molar-refractivity contribution in [2.75, 3.05) is 26.2 Å². The summed E-state index contributed by atoms with van der Waals surface area (Å²) in [6.07, 6.45) is 14.6. The number of hydrogen-bond acceptors (Lipinski definition) is 5. The van der Waals surface area contributed by atoms with Crippen LogP contribution in [-0.2, 0) is 11.2 Å². The van der Waals surface area contributed by atoms with E-state index in [-0.39, 0.29) is 5.78 Å². The van der Waals surface area contributed by atoms with Crippen LogP contribution in [0.25, 0.3) is 10.6 Å². The first-order chi connectivity index (χ1) is 15.6. The van der Waals surface area contributed by atoms with Gasteiger partial charge in [0, 0.05) is 23.4 Å². The lowest BCUT2D eigenvalue weighted by Crippen LogP contribution is -2.31. The molecule has 0 unspecified atom stereocenters. The van der Waals surface area contributed by atoms with Crippen molar-refractivity contribution in [3.8, 4) is 16.3 Å². The summed E-state index contributed by atoms with van der Waals surface area (Å²) < 4.78 is 5.88. The summed E-state index contributed by atoms with van der Waals surface area (Å²) in [5, 5.41) is 0.968. The number of likely N-dealkylation sites (tertiary alicyclic amines) is 1. The van der Waals surface area contributed by atoms with Crippen LogP contribution < -0.4 is 4.74 Å². The van der Waals surface area contributed by atoms with Crippen molar-refractivity contribution in [3.63, 3.8) is 0 Å². The number of ketones is 1. The Labute approximate surface area is 198 Å². The van der Waals surface area contributed by atoms with Crippen LogP contribution in [0.2, 0.25) is 0 Å². The van der Waals surface area contributed by atoms with Crippen molar-refractivity contribution in [2.24, 2.45) is 0 Å². The van der Waals surface area contributed by atoms with Crippen LogP contribution in [0.3, 0.4) is 0 Å². The molecular formula is C27H40N2O2S. The third-order valence-electron chi connectivity index (χ3n) is 6.24. The molecule has 0 atom stereocenters. The number of aromatic nitrogens is 1. The summed E-state index contributed by atoms with van der Waals surface area (Å²) >= 11 is 1.61. The molecule has 0 N–H and O–H groups in total. The minimum Gasteiger partial charge on any atom is -0.494 e. The maximum atomic E-state index is 11.3. The number of carbonyl (C=O) groups excluding carboxylic acids is 1. The highest BCUT2D eigenvalue weighted by Gasteiger charge is 2.12. The van der Waals surface area contributed by atoms with E-state index in [2.05, 4.69) is 22.0 Å². The van der Waals surface area contributed by atoms with Gasteiger partial charge < -0.3 is 9.64 Å². The smallest absolute Gasteiger partial charge is 0.135 e. The number of rotatable bonds is 8. The Hall–Kier alpha value is -1.72. The molecule has 176 valence electrons. The summed E-state index contributed by atoms with van der Waals surface area (Å²) in [5.41, 5.74) is 2.03. The molecule has 1 aliphatic heterocycles. The van der Waals surface area contributed by atoms with Gasteiger partial charge in [-0.25, -0.2) is 4.98 Å². The first kappa shape index (κ1) is 24.9. The lowest BCUT2D eigenvalue weighted by molar-refractivity contribution is -0.116. The maximum absolute atomic E-state index is 11.3. The highest BCUT2D eigenvalue weighted by Crippen LogP contribution is 2.29. The molecule has 32 heavy (non-hydrogen) atoms. The van der Waals surface area contributed by atoms with Gasteiger partial charge in [0.15, 0.2) is 0 Å². The minimum atomic E-state index is 0.177. The quantitative estimate of drug-likeness (QED) is 0.408. The zero-order valence-corrected chi connectivity index (χ0v) is 20.9. The fraction of sp³-hybridized carbons (Fsp3) is 0.630. The van der Waals surface area contributed by atoms with Gasteiger partial charge in [-0.05, 0) is 70.5 Å². The Morgan fingerprint density at radius 3 is 2.16 bits per heavy atom. The van der Waals surface area contributed by atoms with Crippen molar-refractivity contribution in [1.82, 2.24) is 9.88 Å². The molecule has 2 heterocycles. The van der Waals surface area contributed by atoms with E-state index < -0.39 is 0 Å². The molecule has 2 aliphatic rings. The van der Waals surface area contributed by atoms with E-state index >= 15 is 0 Å². The van der Waals surface area contributed by atoms with Gasteiger partial charge in [-0.3, -0.25) is 4.79 Å². The molecule has 1 saturated heterocycles. The molecule has 2 aromatic rings. The highest BCUT2D eigenvalue weighted by molar-refractivity contribution is 7.15. The summed E-state index contributed by atoms with van der Waals surface area (Å²) in [6, 6.07) is 8.13. The second-order valence-electron chi connectivity index (χ2n) is 9.16. The number of hydrogen-bond donors (Lipinski definition) is 0. The molecule has 4 nitrogen and oxygen atoms in total. The van der Waals surface area contributed by atoms with Gasteiger partial charge >= 0.3 is 0 Å². The minimum absolute atomic E-state index is 0.177. The van der Waals surface area contributed by atoms with E-state index in [9.17, 15) is 4.79 Å². The summed E-state index contributed by atoms with van der Waals surface area (Å²) in [6.45, 7) is 7.97. The maximum Gasteiger partial charge on any atom is 0.135 e. The predicted molar refractivity (Wildman–Crippen MR) is 135 cm³/mol. The fourth-order valence-corrected chi connectivity index (χ4v) is 5.50. The van der Waals surface area contributed by atoms with Gasteiger partial charge in [0.1, 0.15) is 16.5 Å². The Kier molecular flexibility index (Phi) is 10.7. The van der Waals surface area contributed by atoms with Gasteiger partial charge in [0.25, 0.3) is 0 Å². The molecule has 0 radical (unpaired) electrons. The predicted octanol–water partition coefficient (Wildman–Crippen LogP) is 6.85. The molecule has 1 saturated carbocycles. The van der Waals surface area contributed by atoms with E-state index in [0.29, 0.717) is 6.42 Å². The van der Waals surface area contributed by atoms with Crippen LogP contribution in [0, 0.1) is 6.92 Å². The van der Waals surface area contributed by atoms with Crippen LogP contribution in [0.5, 0.6) is 5.75 Å². The molecule has 1 aliphatic carbocycles. The van der Waals surface area contributed by atoms with Crippen LogP contribution >= 0.6 is 11.3 Å². The third kappa shape index (κ3) is 8.67. The molecular weight excluding hydrogens is 416 g/mol. The average molecular weight is 457 g/mol.